The van der Waals surface area contributed by atoms with Gasteiger partial charge >= 0.3 is 133 Å². The summed E-state index contributed by atoms with van der Waals surface area (Å²) in [5.41, 5.74) is 0. The third-order valence-corrected chi connectivity index (χ3v) is 0. The maximum atomic E-state index is 8.56. The van der Waals surface area contributed by atoms with Crippen LogP contribution in [0.5, 0.6) is 0 Å². The average Bonchev–Trinajstić information content (AvgIpc) is 1.25. The molecule has 0 unspecified atom stereocenters. The van der Waals surface area contributed by atoms with E-state index < -0.39 is 12.3 Å². The molecule has 0 bridgehead atoms. The Morgan fingerprint density at radius 3 is 0.800 bits per heavy atom. The van der Waals surface area contributed by atoms with E-state index in [-0.39, 0.29) is 120 Å². The molecule has 4 N–H and O–H groups in total. The number of hydrogen-bond donors (Lipinski definition) is 4. The van der Waals surface area contributed by atoms with Crippen molar-refractivity contribution in [1.82, 2.24) is 0 Å². The van der Waals surface area contributed by atoms with E-state index in [1.165, 1.54) is 0 Å². The van der Waals surface area contributed by atoms with Gasteiger partial charge in [-0.2, -0.15) is 0 Å². The molecule has 10 heavy (non-hydrogen) atoms. The molecule has 0 spiro atoms. The molecule has 0 aromatic rings. The zero-order valence-corrected chi connectivity index (χ0v) is 3.61. The van der Waals surface area contributed by atoms with Crippen molar-refractivity contribution >= 4 is 133 Å². The Bertz CT molecular complexity index is 73.7. The van der Waals surface area contributed by atoms with Gasteiger partial charge in [0.1, 0.15) is 0 Å². The van der Waals surface area contributed by atoms with Crippen LogP contribution in [-0.4, -0.2) is 153 Å². The van der Waals surface area contributed by atoms with Gasteiger partial charge in [0, 0.05) is 0 Å². The standard InChI is InChI=1S/2CH2O3.Cs.K.2H/c2*2-1(3)4;;;;/h2*(H2,2,3,4);;;;. The van der Waals surface area contributed by atoms with Crippen molar-refractivity contribution in [3.8, 4) is 0 Å². The van der Waals surface area contributed by atoms with Crippen LogP contribution >= 0.6 is 0 Å². The zero-order valence-electron chi connectivity index (χ0n) is 3.61. The second kappa shape index (κ2) is 17.4. The maximum absolute atomic E-state index is 8.56. The van der Waals surface area contributed by atoms with E-state index in [0.717, 1.165) is 0 Å². The SMILES string of the molecule is O=C(O)O.O=C(O)O.[CsH].[KH]. The zero-order chi connectivity index (χ0) is 7.15. The summed E-state index contributed by atoms with van der Waals surface area (Å²) in [5, 5.41) is 27.9. The summed E-state index contributed by atoms with van der Waals surface area (Å²) in [6, 6.07) is 0. The van der Waals surface area contributed by atoms with Gasteiger partial charge in [0.2, 0.25) is 0 Å². The molecule has 52 valence electrons. The van der Waals surface area contributed by atoms with Crippen molar-refractivity contribution < 1.29 is 30.0 Å². The molecular formula is C2H6CsKO6. The monoisotopic (exact) mass is 298 g/mol. The normalized spacial score (nSPS) is 4.80. The van der Waals surface area contributed by atoms with E-state index in [4.69, 9.17) is 30.0 Å². The summed E-state index contributed by atoms with van der Waals surface area (Å²) >= 11 is 0. The molecule has 0 rings (SSSR count). The van der Waals surface area contributed by atoms with Gasteiger partial charge < -0.3 is 20.4 Å². The molecule has 0 saturated carbocycles. The molecule has 8 heteroatoms. The Morgan fingerprint density at radius 2 is 0.800 bits per heavy atom. The van der Waals surface area contributed by atoms with Crippen molar-refractivity contribution in [1.29, 1.82) is 0 Å². The molecular weight excluding hydrogens is 292 g/mol. The van der Waals surface area contributed by atoms with Crippen LogP contribution in [0.25, 0.3) is 0 Å². The summed E-state index contributed by atoms with van der Waals surface area (Å²) in [7, 11) is 0. The summed E-state index contributed by atoms with van der Waals surface area (Å²) < 4.78 is 0. The minimum atomic E-state index is -1.83. The van der Waals surface area contributed by atoms with Crippen LogP contribution in [-0.2, 0) is 0 Å². The van der Waals surface area contributed by atoms with E-state index in [9.17, 15) is 0 Å². The van der Waals surface area contributed by atoms with Crippen molar-refractivity contribution in [2.75, 3.05) is 0 Å². The summed E-state index contributed by atoms with van der Waals surface area (Å²) in [4.78, 5) is 17.1. The van der Waals surface area contributed by atoms with Crippen LogP contribution < -0.4 is 0 Å². The van der Waals surface area contributed by atoms with Crippen molar-refractivity contribution in [3.05, 3.63) is 0 Å². The molecule has 0 fully saturated rings. The van der Waals surface area contributed by atoms with Gasteiger partial charge in [-0.15, -0.1) is 0 Å². The summed E-state index contributed by atoms with van der Waals surface area (Å²) in [6.45, 7) is 0. The Hall–Kier alpha value is 2.23. The van der Waals surface area contributed by atoms with Crippen molar-refractivity contribution in [2.24, 2.45) is 0 Å². The van der Waals surface area contributed by atoms with Gasteiger partial charge in [0.15, 0.2) is 0 Å². The topological polar surface area (TPSA) is 115 Å². The fraction of sp³-hybridized carbons (Fsp3) is 0. The summed E-state index contributed by atoms with van der Waals surface area (Å²) in [5.74, 6) is 0. The van der Waals surface area contributed by atoms with Gasteiger partial charge in [-0.3, -0.25) is 0 Å². The van der Waals surface area contributed by atoms with E-state index in [1.54, 1.807) is 0 Å². The van der Waals surface area contributed by atoms with Crippen molar-refractivity contribution in [2.45, 2.75) is 0 Å². The number of carboxylic acid groups (broad SMARTS) is 4. The van der Waals surface area contributed by atoms with Crippen LogP contribution in [0.2, 0.25) is 0 Å². The molecule has 0 saturated heterocycles. The fourth-order valence-corrected chi connectivity index (χ4v) is 0. The van der Waals surface area contributed by atoms with Gasteiger partial charge in [0.25, 0.3) is 0 Å². The number of carbonyl (C=O) groups is 2. The predicted octanol–water partition coefficient (Wildman–Crippen LogP) is -0.852. The fourth-order valence-electron chi connectivity index (χ4n) is 0. The quantitative estimate of drug-likeness (QED) is 0.433. The van der Waals surface area contributed by atoms with E-state index in [1.807, 2.05) is 0 Å². The van der Waals surface area contributed by atoms with Gasteiger partial charge in [-0.25, -0.2) is 9.59 Å². The van der Waals surface area contributed by atoms with E-state index in [0.29, 0.717) is 0 Å². The molecule has 0 atom stereocenters. The first kappa shape index (κ1) is 22.8. The first-order valence-electron chi connectivity index (χ1n) is 1.30. The first-order chi connectivity index (χ1) is 3.46. The third kappa shape index (κ3) is 175. The van der Waals surface area contributed by atoms with Crippen LogP contribution in [0.1, 0.15) is 0 Å². The molecule has 0 aliphatic carbocycles. The molecule has 0 heterocycles. The first-order valence-corrected chi connectivity index (χ1v) is 1.30. The van der Waals surface area contributed by atoms with Gasteiger partial charge in [0.05, 0.1) is 0 Å². The summed E-state index contributed by atoms with van der Waals surface area (Å²) in [6.07, 6.45) is -3.67. The molecule has 0 aliphatic rings. The van der Waals surface area contributed by atoms with Crippen LogP contribution in [0.3, 0.4) is 0 Å². The number of hydrogen-bond acceptors (Lipinski definition) is 2. The van der Waals surface area contributed by atoms with Gasteiger partial charge in [-0.1, -0.05) is 0 Å². The average molecular weight is 298 g/mol. The molecule has 0 radical (unpaired) electrons. The van der Waals surface area contributed by atoms with Crippen LogP contribution in [0.4, 0.5) is 9.59 Å². The Kier molecular flexibility index (Phi) is 39.5. The van der Waals surface area contributed by atoms with Crippen molar-refractivity contribution in [3.63, 3.8) is 0 Å². The second-order valence-corrected chi connectivity index (χ2v) is 0.565. The van der Waals surface area contributed by atoms with Crippen LogP contribution in [0.15, 0.2) is 0 Å². The van der Waals surface area contributed by atoms with Crippen LogP contribution in [0, 0.1) is 0 Å². The molecule has 6 nitrogen and oxygen atoms in total. The predicted molar refractivity (Wildman–Crippen MR) is 35.6 cm³/mol. The Balaban J connectivity index is -0.0000000300. The Morgan fingerprint density at radius 1 is 0.800 bits per heavy atom. The number of rotatable bonds is 0. The second-order valence-electron chi connectivity index (χ2n) is 0.565. The van der Waals surface area contributed by atoms with Gasteiger partial charge in [-0.05, 0) is 0 Å². The third-order valence-electron chi connectivity index (χ3n) is 0. The van der Waals surface area contributed by atoms with E-state index in [2.05, 4.69) is 0 Å². The molecule has 0 aromatic carbocycles. The molecule has 0 aromatic heterocycles. The van der Waals surface area contributed by atoms with E-state index >= 15 is 0 Å². The molecule has 0 aliphatic heterocycles. The molecule has 0 amide bonds. The Labute approximate surface area is 158 Å². The minimum absolute atomic E-state index is 0.